The lowest BCUT2D eigenvalue weighted by Gasteiger charge is -2.13. The summed E-state index contributed by atoms with van der Waals surface area (Å²) in [5.41, 5.74) is 8.40. The van der Waals surface area contributed by atoms with Crippen molar-refractivity contribution in [2.75, 3.05) is 5.73 Å². The number of rotatable bonds is 3. The van der Waals surface area contributed by atoms with Crippen LogP contribution in [0.15, 0.2) is 42.5 Å². The minimum Gasteiger partial charge on any atom is -0.489 e. The zero-order chi connectivity index (χ0) is 13.1. The third kappa shape index (κ3) is 2.80. The largest absolute Gasteiger partial charge is 0.489 e. The lowest BCUT2D eigenvalue weighted by molar-refractivity contribution is 0.244. The molecule has 0 aliphatic heterocycles. The molecule has 0 aliphatic carbocycles. The second kappa shape index (κ2) is 5.08. The van der Waals surface area contributed by atoms with Gasteiger partial charge in [0.05, 0.1) is 11.8 Å². The lowest BCUT2D eigenvalue weighted by Crippen LogP contribution is -2.07. The molecule has 0 aromatic heterocycles. The fourth-order valence-corrected chi connectivity index (χ4v) is 1.73. The van der Waals surface area contributed by atoms with Crippen LogP contribution in [-0.2, 0) is 0 Å². The Bertz CT molecular complexity index is 535. The summed E-state index contributed by atoms with van der Waals surface area (Å²) < 4.78 is 18.4. The monoisotopic (exact) mass is 245 g/mol. The summed E-state index contributed by atoms with van der Waals surface area (Å²) in [4.78, 5) is 0. The van der Waals surface area contributed by atoms with Gasteiger partial charge in [0.2, 0.25) is 0 Å². The van der Waals surface area contributed by atoms with E-state index >= 15 is 0 Å². The summed E-state index contributed by atoms with van der Waals surface area (Å²) in [5.74, 6) is 0.433. The van der Waals surface area contributed by atoms with Crippen molar-refractivity contribution >= 4 is 5.69 Å². The normalized spacial score (nSPS) is 10.7. The predicted molar refractivity (Wildman–Crippen MR) is 72.0 cm³/mol. The Morgan fingerprint density at radius 3 is 2.17 bits per heavy atom. The van der Waals surface area contributed by atoms with Gasteiger partial charge in [-0.2, -0.15) is 0 Å². The number of nitrogen functional groups attached to an aromatic ring is 1. The summed E-state index contributed by atoms with van der Waals surface area (Å²) >= 11 is 0. The zero-order valence-corrected chi connectivity index (χ0v) is 10.5. The highest BCUT2D eigenvalue weighted by Gasteiger charge is 2.05. The number of hydrogen-bond donors (Lipinski definition) is 1. The third-order valence-corrected chi connectivity index (χ3v) is 2.55. The quantitative estimate of drug-likeness (QED) is 0.833. The molecule has 2 rings (SSSR count). The molecule has 94 valence electrons. The van der Waals surface area contributed by atoms with E-state index in [9.17, 15) is 4.39 Å². The topological polar surface area (TPSA) is 35.2 Å². The first-order valence-electron chi connectivity index (χ1n) is 5.88. The molecule has 0 unspecified atom stereocenters. The Hall–Kier alpha value is -2.03. The Labute approximate surface area is 106 Å². The molecule has 0 heterocycles. The second-order valence-electron chi connectivity index (χ2n) is 4.43. The Kier molecular flexibility index (Phi) is 3.51. The molecule has 0 fully saturated rings. The second-order valence-corrected chi connectivity index (χ2v) is 4.43. The molecule has 3 heteroatoms. The summed E-state index contributed by atoms with van der Waals surface area (Å²) in [6, 6.07) is 11.9. The average Bonchev–Trinajstić information content (AvgIpc) is 2.32. The maximum atomic E-state index is 12.8. The van der Waals surface area contributed by atoms with Crippen LogP contribution in [0.3, 0.4) is 0 Å². The van der Waals surface area contributed by atoms with E-state index in [1.807, 2.05) is 32.0 Å². The van der Waals surface area contributed by atoms with Crippen molar-refractivity contribution in [1.82, 2.24) is 0 Å². The van der Waals surface area contributed by atoms with Crippen LogP contribution in [0, 0.1) is 5.82 Å². The number of hydrogen-bond acceptors (Lipinski definition) is 2. The molecule has 2 N–H and O–H groups in total. The van der Waals surface area contributed by atoms with Gasteiger partial charge in [0.1, 0.15) is 11.6 Å². The van der Waals surface area contributed by atoms with Gasteiger partial charge in [0, 0.05) is 0 Å². The maximum absolute atomic E-state index is 12.8. The molecule has 2 nitrogen and oxygen atoms in total. The molecule has 0 radical (unpaired) electrons. The van der Waals surface area contributed by atoms with Gasteiger partial charge in [-0.15, -0.1) is 0 Å². The highest BCUT2D eigenvalue weighted by molar-refractivity contribution is 5.70. The number of anilines is 1. The summed E-state index contributed by atoms with van der Waals surface area (Å²) in [7, 11) is 0. The van der Waals surface area contributed by atoms with Crippen LogP contribution in [0.25, 0.3) is 11.1 Å². The maximum Gasteiger partial charge on any atom is 0.142 e. The van der Waals surface area contributed by atoms with E-state index in [4.69, 9.17) is 10.5 Å². The van der Waals surface area contributed by atoms with E-state index in [-0.39, 0.29) is 11.9 Å². The van der Waals surface area contributed by atoms with E-state index < -0.39 is 0 Å². The highest BCUT2D eigenvalue weighted by Crippen LogP contribution is 2.29. The number of nitrogens with two attached hydrogens (primary N) is 1. The van der Waals surface area contributed by atoms with Crippen molar-refractivity contribution in [3.63, 3.8) is 0 Å². The molecule has 0 spiro atoms. The van der Waals surface area contributed by atoms with Gasteiger partial charge in [-0.1, -0.05) is 18.2 Å². The highest BCUT2D eigenvalue weighted by atomic mass is 19.1. The van der Waals surface area contributed by atoms with E-state index in [0.717, 1.165) is 11.1 Å². The van der Waals surface area contributed by atoms with Crippen molar-refractivity contribution < 1.29 is 9.13 Å². The van der Waals surface area contributed by atoms with Crippen LogP contribution in [0.2, 0.25) is 0 Å². The van der Waals surface area contributed by atoms with Gasteiger partial charge in [0.15, 0.2) is 0 Å². The van der Waals surface area contributed by atoms with E-state index in [2.05, 4.69) is 0 Å². The SMILES string of the molecule is CC(C)Oc1ccc(-c2ccc(F)cc2)cc1N. The van der Waals surface area contributed by atoms with Crippen LogP contribution >= 0.6 is 0 Å². The van der Waals surface area contributed by atoms with Gasteiger partial charge in [-0.25, -0.2) is 4.39 Å². The van der Waals surface area contributed by atoms with E-state index in [1.54, 1.807) is 12.1 Å². The Morgan fingerprint density at radius 1 is 1.00 bits per heavy atom. The van der Waals surface area contributed by atoms with Crippen LogP contribution in [-0.4, -0.2) is 6.10 Å². The number of benzene rings is 2. The summed E-state index contributed by atoms with van der Waals surface area (Å²) in [5, 5.41) is 0. The molecular weight excluding hydrogens is 229 g/mol. The predicted octanol–water partition coefficient (Wildman–Crippen LogP) is 3.86. The molecule has 18 heavy (non-hydrogen) atoms. The Morgan fingerprint density at radius 2 is 1.61 bits per heavy atom. The smallest absolute Gasteiger partial charge is 0.142 e. The van der Waals surface area contributed by atoms with Gasteiger partial charge < -0.3 is 10.5 Å². The molecule has 0 saturated heterocycles. The van der Waals surface area contributed by atoms with E-state index in [1.165, 1.54) is 12.1 Å². The van der Waals surface area contributed by atoms with Crippen LogP contribution in [0.1, 0.15) is 13.8 Å². The fraction of sp³-hybridized carbons (Fsp3) is 0.200. The molecule has 0 aliphatic rings. The first-order valence-corrected chi connectivity index (χ1v) is 5.88. The zero-order valence-electron chi connectivity index (χ0n) is 10.5. The van der Waals surface area contributed by atoms with Gasteiger partial charge >= 0.3 is 0 Å². The number of ether oxygens (including phenoxy) is 1. The molecule has 0 atom stereocenters. The van der Waals surface area contributed by atoms with Crippen LogP contribution in [0.5, 0.6) is 5.75 Å². The minimum atomic E-state index is -0.244. The lowest BCUT2D eigenvalue weighted by atomic mass is 10.0. The van der Waals surface area contributed by atoms with Crippen molar-refractivity contribution in [2.45, 2.75) is 20.0 Å². The third-order valence-electron chi connectivity index (χ3n) is 2.55. The van der Waals surface area contributed by atoms with Crippen LogP contribution < -0.4 is 10.5 Å². The summed E-state index contributed by atoms with van der Waals surface area (Å²) in [6.45, 7) is 3.90. The van der Waals surface area contributed by atoms with Crippen LogP contribution in [0.4, 0.5) is 10.1 Å². The van der Waals surface area contributed by atoms with Crippen molar-refractivity contribution in [3.8, 4) is 16.9 Å². The molecule has 0 amide bonds. The molecule has 2 aromatic carbocycles. The fourth-order valence-electron chi connectivity index (χ4n) is 1.73. The van der Waals surface area contributed by atoms with Gasteiger partial charge in [0.25, 0.3) is 0 Å². The molecular formula is C15H16FNO. The van der Waals surface area contributed by atoms with Gasteiger partial charge in [-0.3, -0.25) is 0 Å². The first kappa shape index (κ1) is 12.4. The summed E-state index contributed by atoms with van der Waals surface area (Å²) in [6.07, 6.45) is 0.0870. The standard InChI is InChI=1S/C15H16FNO/c1-10(2)18-15-8-5-12(9-14(15)17)11-3-6-13(16)7-4-11/h3-10H,17H2,1-2H3. The van der Waals surface area contributed by atoms with E-state index in [0.29, 0.717) is 11.4 Å². The first-order chi connectivity index (χ1) is 8.56. The molecule has 2 aromatic rings. The van der Waals surface area contributed by atoms with Crippen molar-refractivity contribution in [1.29, 1.82) is 0 Å². The molecule has 0 saturated carbocycles. The van der Waals surface area contributed by atoms with Gasteiger partial charge in [-0.05, 0) is 49.2 Å². The number of halogens is 1. The van der Waals surface area contributed by atoms with Crippen molar-refractivity contribution in [3.05, 3.63) is 48.3 Å². The molecule has 0 bridgehead atoms. The average molecular weight is 245 g/mol. The Balaban J connectivity index is 2.31. The van der Waals surface area contributed by atoms with Crippen molar-refractivity contribution in [2.24, 2.45) is 0 Å². The minimum absolute atomic E-state index is 0.0870.